The minimum atomic E-state index is -0.748. The standard InChI is InChI=1S/C19H20BrN3O3S2/c1-11(21-22-19(27)23-8-6-13(7-9-23)18(25)26)15-10-28-17(16(15)24)12-2-4-14(20)5-3-12/h2-5,10,13,24H,6-9H2,1H3,(H,22,27)(H,25,26). The van der Waals surface area contributed by atoms with E-state index in [1.54, 1.807) is 6.92 Å². The Morgan fingerprint density at radius 1 is 1.32 bits per heavy atom. The number of thiocarbonyl (C=S) groups is 1. The van der Waals surface area contributed by atoms with E-state index < -0.39 is 5.97 Å². The fourth-order valence-electron chi connectivity index (χ4n) is 3.01. The van der Waals surface area contributed by atoms with Crippen LogP contribution in [0.3, 0.4) is 0 Å². The molecule has 1 aliphatic heterocycles. The van der Waals surface area contributed by atoms with Crippen molar-refractivity contribution < 1.29 is 15.0 Å². The number of thiophene rings is 1. The lowest BCUT2D eigenvalue weighted by atomic mass is 9.97. The Hall–Kier alpha value is -1.97. The van der Waals surface area contributed by atoms with Gasteiger partial charge in [0.15, 0.2) is 5.11 Å². The van der Waals surface area contributed by atoms with Gasteiger partial charge in [0.2, 0.25) is 0 Å². The number of benzene rings is 1. The summed E-state index contributed by atoms with van der Waals surface area (Å²) in [6.45, 7) is 2.99. The molecule has 0 bridgehead atoms. The molecule has 0 spiro atoms. The third-order valence-corrected chi connectivity index (χ3v) is 6.61. The zero-order valence-corrected chi connectivity index (χ0v) is 18.4. The summed E-state index contributed by atoms with van der Waals surface area (Å²) in [6.07, 6.45) is 1.14. The van der Waals surface area contributed by atoms with Crippen LogP contribution in [0.2, 0.25) is 0 Å². The maximum absolute atomic E-state index is 11.0. The van der Waals surface area contributed by atoms with Crippen molar-refractivity contribution in [2.75, 3.05) is 13.1 Å². The number of hydrazone groups is 1. The number of halogens is 1. The van der Waals surface area contributed by atoms with Crippen LogP contribution in [0.15, 0.2) is 39.2 Å². The van der Waals surface area contributed by atoms with Crippen molar-refractivity contribution in [2.24, 2.45) is 11.0 Å². The van der Waals surface area contributed by atoms with Gasteiger partial charge >= 0.3 is 5.97 Å². The van der Waals surface area contributed by atoms with E-state index in [9.17, 15) is 9.90 Å². The molecule has 28 heavy (non-hydrogen) atoms. The topological polar surface area (TPSA) is 85.2 Å². The fraction of sp³-hybridized carbons (Fsp3) is 0.316. The van der Waals surface area contributed by atoms with Gasteiger partial charge in [-0.3, -0.25) is 10.2 Å². The summed E-state index contributed by atoms with van der Waals surface area (Å²) in [5.74, 6) is -0.852. The Morgan fingerprint density at radius 2 is 1.96 bits per heavy atom. The lowest BCUT2D eigenvalue weighted by Crippen LogP contribution is -2.44. The van der Waals surface area contributed by atoms with Crippen LogP contribution in [0, 0.1) is 5.92 Å². The van der Waals surface area contributed by atoms with E-state index >= 15 is 0 Å². The van der Waals surface area contributed by atoms with Crippen LogP contribution in [0.4, 0.5) is 0 Å². The van der Waals surface area contributed by atoms with Gasteiger partial charge in [0.05, 0.1) is 22.1 Å². The first-order valence-electron chi connectivity index (χ1n) is 8.75. The number of hydrogen-bond acceptors (Lipinski definition) is 5. The zero-order chi connectivity index (χ0) is 20.3. The van der Waals surface area contributed by atoms with Gasteiger partial charge in [-0.1, -0.05) is 28.1 Å². The Bertz CT molecular complexity index is 904. The summed E-state index contributed by atoms with van der Waals surface area (Å²) in [5, 5.41) is 26.3. The largest absolute Gasteiger partial charge is 0.506 e. The van der Waals surface area contributed by atoms with Crippen LogP contribution in [-0.2, 0) is 4.79 Å². The molecule has 0 atom stereocenters. The van der Waals surface area contributed by atoms with E-state index in [1.165, 1.54) is 11.3 Å². The van der Waals surface area contributed by atoms with Crippen LogP contribution >= 0.6 is 39.5 Å². The number of likely N-dealkylation sites (tertiary alicyclic amines) is 1. The molecule has 1 aliphatic rings. The van der Waals surface area contributed by atoms with Crippen molar-refractivity contribution in [3.63, 3.8) is 0 Å². The minimum Gasteiger partial charge on any atom is -0.506 e. The van der Waals surface area contributed by atoms with Crippen molar-refractivity contribution in [1.82, 2.24) is 10.3 Å². The summed E-state index contributed by atoms with van der Waals surface area (Å²) in [7, 11) is 0. The van der Waals surface area contributed by atoms with Gasteiger partial charge in [-0.2, -0.15) is 5.10 Å². The van der Waals surface area contributed by atoms with E-state index in [-0.39, 0.29) is 11.7 Å². The van der Waals surface area contributed by atoms with Crippen LogP contribution in [0.5, 0.6) is 5.75 Å². The van der Waals surface area contributed by atoms with Crippen LogP contribution in [0.25, 0.3) is 10.4 Å². The summed E-state index contributed by atoms with van der Waals surface area (Å²) < 4.78 is 0.982. The first-order valence-corrected chi connectivity index (χ1v) is 10.8. The third-order valence-electron chi connectivity index (χ3n) is 4.71. The number of aliphatic carboxylic acids is 1. The number of carbonyl (C=O) groups is 1. The molecule has 2 aromatic rings. The van der Waals surface area contributed by atoms with Crippen molar-refractivity contribution in [3.8, 4) is 16.2 Å². The lowest BCUT2D eigenvalue weighted by Gasteiger charge is -2.31. The second kappa shape index (κ2) is 9.02. The molecule has 2 heterocycles. The Labute approximate surface area is 181 Å². The highest BCUT2D eigenvalue weighted by molar-refractivity contribution is 9.10. The highest BCUT2D eigenvalue weighted by Crippen LogP contribution is 2.39. The lowest BCUT2D eigenvalue weighted by molar-refractivity contribution is -0.143. The monoisotopic (exact) mass is 481 g/mol. The predicted molar refractivity (Wildman–Crippen MR) is 119 cm³/mol. The van der Waals surface area contributed by atoms with Crippen molar-refractivity contribution in [3.05, 3.63) is 39.7 Å². The molecule has 0 aliphatic carbocycles. The predicted octanol–water partition coefficient (Wildman–Crippen LogP) is 4.28. The van der Waals surface area contributed by atoms with Crippen molar-refractivity contribution in [2.45, 2.75) is 19.8 Å². The smallest absolute Gasteiger partial charge is 0.306 e. The number of nitrogens with one attached hydrogen (secondary N) is 1. The number of carboxylic acid groups (broad SMARTS) is 1. The number of rotatable bonds is 4. The number of hydrogen-bond donors (Lipinski definition) is 3. The molecule has 6 nitrogen and oxygen atoms in total. The summed E-state index contributed by atoms with van der Waals surface area (Å²) in [6, 6.07) is 7.76. The van der Waals surface area contributed by atoms with Crippen LogP contribution < -0.4 is 5.43 Å². The highest BCUT2D eigenvalue weighted by Gasteiger charge is 2.25. The second-order valence-electron chi connectivity index (χ2n) is 6.55. The average Bonchev–Trinajstić information content (AvgIpc) is 3.08. The Balaban J connectivity index is 1.65. The van der Waals surface area contributed by atoms with Gasteiger partial charge in [-0.15, -0.1) is 11.3 Å². The second-order valence-corrected chi connectivity index (χ2v) is 8.73. The van der Waals surface area contributed by atoms with Gasteiger partial charge in [0.25, 0.3) is 0 Å². The number of piperidine rings is 1. The van der Waals surface area contributed by atoms with Gasteiger partial charge in [-0.05, 0) is 49.7 Å². The first kappa shape index (κ1) is 20.8. The van der Waals surface area contributed by atoms with Gasteiger partial charge < -0.3 is 15.1 Å². The Kier molecular flexibility index (Phi) is 6.69. The quantitative estimate of drug-likeness (QED) is 0.343. The molecule has 3 N–H and O–H groups in total. The van der Waals surface area contributed by atoms with E-state index in [2.05, 4.69) is 26.5 Å². The van der Waals surface area contributed by atoms with Crippen molar-refractivity contribution in [1.29, 1.82) is 0 Å². The normalized spacial score (nSPS) is 15.5. The number of carboxylic acids is 1. The fourth-order valence-corrected chi connectivity index (χ4v) is 4.51. The minimum absolute atomic E-state index is 0.198. The SMILES string of the molecule is CC(=NNC(=S)N1CCC(C(=O)O)CC1)c1csc(-c2ccc(Br)cc2)c1O. The highest BCUT2D eigenvalue weighted by atomic mass is 79.9. The van der Waals surface area contributed by atoms with Crippen molar-refractivity contribution >= 4 is 56.3 Å². The maximum atomic E-state index is 11.0. The van der Waals surface area contributed by atoms with Gasteiger partial charge in [0.1, 0.15) is 5.75 Å². The molecule has 9 heteroatoms. The van der Waals surface area contributed by atoms with E-state index in [4.69, 9.17) is 17.3 Å². The Morgan fingerprint density at radius 3 is 2.57 bits per heavy atom. The molecule has 1 aromatic carbocycles. The third kappa shape index (κ3) is 4.71. The van der Waals surface area contributed by atoms with Gasteiger partial charge in [-0.25, -0.2) is 0 Å². The molecule has 1 fully saturated rings. The molecule has 148 valence electrons. The number of nitrogens with zero attached hydrogens (tertiary/aromatic N) is 2. The average molecular weight is 482 g/mol. The maximum Gasteiger partial charge on any atom is 0.306 e. The van der Waals surface area contributed by atoms with Gasteiger partial charge in [0, 0.05) is 22.9 Å². The molecule has 0 unspecified atom stereocenters. The molecular weight excluding hydrogens is 462 g/mol. The first-order chi connectivity index (χ1) is 13.4. The summed E-state index contributed by atoms with van der Waals surface area (Å²) in [4.78, 5) is 13.8. The van der Waals surface area contributed by atoms with E-state index in [0.717, 1.165) is 14.9 Å². The summed E-state index contributed by atoms with van der Waals surface area (Å²) in [5.41, 5.74) is 5.08. The molecule has 1 aromatic heterocycles. The molecular formula is C19H20BrN3O3S2. The molecule has 0 amide bonds. The summed E-state index contributed by atoms with van der Waals surface area (Å²) >= 11 is 10.2. The molecule has 0 saturated carbocycles. The van der Waals surface area contributed by atoms with E-state index in [1.807, 2.05) is 34.5 Å². The molecule has 1 saturated heterocycles. The van der Waals surface area contributed by atoms with Crippen LogP contribution in [-0.4, -0.2) is 45.0 Å². The molecule has 3 rings (SSSR count). The number of aromatic hydroxyl groups is 1. The zero-order valence-electron chi connectivity index (χ0n) is 15.2. The van der Waals surface area contributed by atoms with E-state index in [0.29, 0.717) is 42.3 Å². The van der Waals surface area contributed by atoms with Crippen LogP contribution in [0.1, 0.15) is 25.3 Å². The molecule has 0 radical (unpaired) electrons.